The Morgan fingerprint density at radius 2 is 1.20 bits per heavy atom. The van der Waals surface area contributed by atoms with E-state index in [9.17, 15) is 25.5 Å². The normalized spacial score (nSPS) is 17.2. The summed E-state index contributed by atoms with van der Waals surface area (Å²) in [5, 5.41) is 74.3. The first kappa shape index (κ1) is 20.7. The van der Waals surface area contributed by atoms with Crippen LogP contribution in [0.5, 0.6) is 46.0 Å². The van der Waals surface area contributed by atoms with Crippen molar-refractivity contribution in [2.45, 2.75) is 18.6 Å². The molecule has 8 N–H and O–H groups in total. The highest BCUT2D eigenvalue weighted by atomic mass is 16.5. The van der Waals surface area contributed by atoms with Crippen LogP contribution in [0.1, 0.15) is 17.2 Å². The molecule has 3 aromatic carbocycles. The van der Waals surface area contributed by atoms with E-state index < -0.39 is 12.2 Å². The molecular weight excluding hydrogens is 396 g/mol. The molecule has 0 spiro atoms. The molecule has 0 fully saturated rings. The fourth-order valence-electron chi connectivity index (χ4n) is 3.05. The van der Waals surface area contributed by atoms with E-state index in [0.29, 0.717) is 11.1 Å². The summed E-state index contributed by atoms with van der Waals surface area (Å²) in [5.41, 5.74) is 0.894. The lowest BCUT2D eigenvalue weighted by Crippen LogP contribution is -2.30. The van der Waals surface area contributed by atoms with Crippen molar-refractivity contribution in [1.82, 2.24) is 0 Å². The number of fused-ring (bicyclic) bond motifs is 1. The summed E-state index contributed by atoms with van der Waals surface area (Å²) < 4.78 is 5.62. The summed E-state index contributed by atoms with van der Waals surface area (Å²) in [4.78, 5) is 0. The number of rotatable bonds is 1. The lowest BCUT2D eigenvalue weighted by molar-refractivity contribution is 0.0197. The summed E-state index contributed by atoms with van der Waals surface area (Å²) >= 11 is 0. The minimum atomic E-state index is -0.933. The predicted molar refractivity (Wildman–Crippen MR) is 104 cm³/mol. The van der Waals surface area contributed by atoms with Crippen LogP contribution in [0.4, 0.5) is 0 Å². The highest BCUT2D eigenvalue weighted by Gasteiger charge is 2.32. The van der Waals surface area contributed by atoms with Crippen molar-refractivity contribution in [2.24, 2.45) is 0 Å². The van der Waals surface area contributed by atoms with Gasteiger partial charge in [-0.2, -0.15) is 0 Å². The van der Waals surface area contributed by atoms with E-state index in [-0.39, 0.29) is 52.4 Å². The number of phenols is 7. The van der Waals surface area contributed by atoms with Crippen molar-refractivity contribution >= 4 is 0 Å². The number of hydrogen-bond donors (Lipinski definition) is 8. The Hall–Kier alpha value is -3.98. The van der Waals surface area contributed by atoms with E-state index >= 15 is 0 Å². The van der Waals surface area contributed by atoms with Crippen LogP contribution in [-0.4, -0.2) is 47.0 Å². The molecule has 9 heteroatoms. The fourth-order valence-corrected chi connectivity index (χ4v) is 3.05. The van der Waals surface area contributed by atoms with Gasteiger partial charge in [-0.25, -0.2) is 0 Å². The second-order valence-corrected chi connectivity index (χ2v) is 6.71. The van der Waals surface area contributed by atoms with Crippen LogP contribution in [0.3, 0.4) is 0 Å². The zero-order chi connectivity index (χ0) is 22.0. The third-order valence-electron chi connectivity index (χ3n) is 4.40. The van der Waals surface area contributed by atoms with E-state index in [1.165, 1.54) is 30.3 Å². The molecule has 1 aliphatic heterocycles. The van der Waals surface area contributed by atoms with Crippen molar-refractivity contribution in [3.8, 4) is 46.0 Å². The maximum Gasteiger partial charge on any atom is 0.157 e. The van der Waals surface area contributed by atoms with Gasteiger partial charge in [0.15, 0.2) is 11.5 Å². The molecule has 0 unspecified atom stereocenters. The van der Waals surface area contributed by atoms with Crippen molar-refractivity contribution < 1.29 is 45.6 Å². The average Bonchev–Trinajstić information content (AvgIpc) is 2.64. The summed E-state index contributed by atoms with van der Waals surface area (Å²) in [6, 6.07) is 10.1. The SMILES string of the molecule is Oc1cc(O)c2c(c1)O[C@H](c1ccc(O)c(O)c1)[C@H](O)C2.Oc1cc(O)cc(O)c1. The van der Waals surface area contributed by atoms with Crippen LogP contribution >= 0.6 is 0 Å². The third kappa shape index (κ3) is 4.53. The highest BCUT2D eigenvalue weighted by Crippen LogP contribution is 2.42. The number of hydrogen-bond acceptors (Lipinski definition) is 9. The van der Waals surface area contributed by atoms with E-state index in [0.717, 1.165) is 18.2 Å². The van der Waals surface area contributed by atoms with Crippen LogP contribution in [0.15, 0.2) is 48.5 Å². The number of aliphatic hydroxyl groups excluding tert-OH is 1. The van der Waals surface area contributed by atoms with Crippen LogP contribution in [0.25, 0.3) is 0 Å². The summed E-state index contributed by atoms with van der Waals surface area (Å²) in [6.07, 6.45) is -1.56. The zero-order valence-corrected chi connectivity index (χ0v) is 15.5. The molecule has 0 saturated heterocycles. The molecule has 4 rings (SSSR count). The third-order valence-corrected chi connectivity index (χ3v) is 4.40. The Morgan fingerprint density at radius 1 is 0.633 bits per heavy atom. The summed E-state index contributed by atoms with van der Waals surface area (Å²) in [6.45, 7) is 0. The van der Waals surface area contributed by atoms with Crippen molar-refractivity contribution in [3.05, 3.63) is 59.7 Å². The molecule has 2 atom stereocenters. The molecule has 0 radical (unpaired) electrons. The Kier molecular flexibility index (Phi) is 5.65. The maximum atomic E-state index is 10.2. The van der Waals surface area contributed by atoms with E-state index in [1.54, 1.807) is 0 Å². The molecule has 1 heterocycles. The first-order valence-corrected chi connectivity index (χ1v) is 8.77. The van der Waals surface area contributed by atoms with Gasteiger partial charge in [-0.15, -0.1) is 0 Å². The van der Waals surface area contributed by atoms with Crippen LogP contribution in [-0.2, 0) is 6.42 Å². The molecule has 3 aromatic rings. The van der Waals surface area contributed by atoms with Crippen molar-refractivity contribution in [3.63, 3.8) is 0 Å². The molecule has 0 aliphatic carbocycles. The number of phenolic OH excluding ortho intramolecular Hbond substituents is 7. The zero-order valence-electron chi connectivity index (χ0n) is 15.5. The average molecular weight is 416 g/mol. The van der Waals surface area contributed by atoms with Crippen molar-refractivity contribution in [1.29, 1.82) is 0 Å². The molecule has 0 saturated carbocycles. The predicted octanol–water partition coefficient (Wildman–Crippen LogP) is 2.35. The van der Waals surface area contributed by atoms with Gasteiger partial charge in [-0.3, -0.25) is 0 Å². The first-order valence-electron chi connectivity index (χ1n) is 8.77. The Bertz CT molecular complexity index is 1010. The topological polar surface area (TPSA) is 171 Å². The van der Waals surface area contributed by atoms with Gasteiger partial charge < -0.3 is 45.6 Å². The monoisotopic (exact) mass is 416 g/mol. The highest BCUT2D eigenvalue weighted by molar-refractivity contribution is 5.52. The standard InChI is InChI=1S/C15H14O6.C6H6O3/c16-8-4-11(18)9-6-13(20)15(21-14(9)5-8)7-1-2-10(17)12(19)3-7;7-4-1-5(8)3-6(9)2-4/h1-5,13,15-20H,6H2;1-3,7-9H/t13-,15-;/m1./s1. The van der Waals surface area contributed by atoms with Crippen LogP contribution in [0.2, 0.25) is 0 Å². The minimum absolute atomic E-state index is 0.143. The second kappa shape index (κ2) is 8.18. The Morgan fingerprint density at radius 3 is 1.77 bits per heavy atom. The fraction of sp³-hybridized carbons (Fsp3) is 0.143. The number of aliphatic hydroxyl groups is 1. The molecule has 9 nitrogen and oxygen atoms in total. The quantitative estimate of drug-likeness (QED) is 0.277. The molecule has 0 aromatic heterocycles. The summed E-state index contributed by atoms with van der Waals surface area (Å²) in [7, 11) is 0. The van der Waals surface area contributed by atoms with Crippen molar-refractivity contribution in [2.75, 3.05) is 0 Å². The number of benzene rings is 3. The van der Waals surface area contributed by atoms with Crippen LogP contribution in [0, 0.1) is 0 Å². The Balaban J connectivity index is 0.000000239. The number of ether oxygens (including phenoxy) is 1. The number of aromatic hydroxyl groups is 7. The van der Waals surface area contributed by atoms with Gasteiger partial charge in [0.2, 0.25) is 0 Å². The van der Waals surface area contributed by atoms with E-state index in [1.807, 2.05) is 0 Å². The van der Waals surface area contributed by atoms with Gasteiger partial charge in [0, 0.05) is 42.3 Å². The van der Waals surface area contributed by atoms with Gasteiger partial charge >= 0.3 is 0 Å². The molecule has 158 valence electrons. The van der Waals surface area contributed by atoms with Gasteiger partial charge in [0.1, 0.15) is 40.6 Å². The molecule has 1 aliphatic rings. The molecular formula is C21H20O9. The molecule has 30 heavy (non-hydrogen) atoms. The minimum Gasteiger partial charge on any atom is -0.508 e. The summed E-state index contributed by atoms with van der Waals surface area (Å²) in [5.74, 6) is -1.03. The smallest absolute Gasteiger partial charge is 0.157 e. The van der Waals surface area contributed by atoms with Crippen LogP contribution < -0.4 is 4.74 Å². The van der Waals surface area contributed by atoms with Gasteiger partial charge in [0.05, 0.1) is 6.10 Å². The van der Waals surface area contributed by atoms with Gasteiger partial charge in [-0.1, -0.05) is 6.07 Å². The largest absolute Gasteiger partial charge is 0.508 e. The van der Waals surface area contributed by atoms with E-state index in [4.69, 9.17) is 20.1 Å². The van der Waals surface area contributed by atoms with E-state index in [2.05, 4.69) is 0 Å². The lowest BCUT2D eigenvalue weighted by Gasteiger charge is -2.31. The lowest BCUT2D eigenvalue weighted by atomic mass is 9.94. The molecule has 0 bridgehead atoms. The van der Waals surface area contributed by atoms with Gasteiger partial charge in [-0.05, 0) is 17.7 Å². The first-order chi connectivity index (χ1) is 14.1. The second-order valence-electron chi connectivity index (χ2n) is 6.71. The molecule has 0 amide bonds. The maximum absolute atomic E-state index is 10.2. The Labute approximate surface area is 170 Å². The van der Waals surface area contributed by atoms with Gasteiger partial charge in [0.25, 0.3) is 0 Å².